The van der Waals surface area contributed by atoms with Crippen molar-refractivity contribution in [2.75, 3.05) is 6.61 Å². The number of halogens is 4. The first-order valence-electron chi connectivity index (χ1n) is 10.7. The second-order valence-corrected chi connectivity index (χ2v) is 8.31. The van der Waals surface area contributed by atoms with E-state index in [-0.39, 0.29) is 33.6 Å². The number of pyridine rings is 1. The van der Waals surface area contributed by atoms with Crippen molar-refractivity contribution >= 4 is 17.5 Å². The molecule has 1 fully saturated rings. The highest BCUT2D eigenvalue weighted by atomic mass is 35.5. The number of nitrogens with zero attached hydrogens (tertiary/aromatic N) is 1. The van der Waals surface area contributed by atoms with Crippen molar-refractivity contribution < 1.29 is 27.8 Å². The SMILES string of the molecule is CCCCOc1ncc(C(=O)NC2CCCCC2O)cc1-c1cc(C(F)(F)F)ccc1Cl. The first-order chi connectivity index (χ1) is 15.2. The van der Waals surface area contributed by atoms with E-state index in [0.29, 0.717) is 19.4 Å². The zero-order valence-corrected chi connectivity index (χ0v) is 18.5. The number of ether oxygens (including phenoxy) is 1. The summed E-state index contributed by atoms with van der Waals surface area (Å²) in [4.78, 5) is 17.0. The molecular formula is C23H26ClF3N2O3. The number of alkyl halides is 3. The second kappa shape index (κ2) is 10.5. The van der Waals surface area contributed by atoms with Crippen LogP contribution in [0.2, 0.25) is 5.02 Å². The number of aromatic nitrogens is 1. The summed E-state index contributed by atoms with van der Waals surface area (Å²) in [6, 6.07) is 4.05. The highest BCUT2D eigenvalue weighted by molar-refractivity contribution is 6.33. The van der Waals surface area contributed by atoms with Gasteiger partial charge in [-0.05, 0) is 43.5 Å². The Kier molecular flexibility index (Phi) is 8.00. The molecule has 2 aromatic rings. The van der Waals surface area contributed by atoms with Gasteiger partial charge in [0.05, 0.1) is 29.9 Å². The lowest BCUT2D eigenvalue weighted by molar-refractivity contribution is -0.137. The van der Waals surface area contributed by atoms with Gasteiger partial charge in [-0.25, -0.2) is 4.98 Å². The Bertz CT molecular complexity index is 953. The normalized spacial score (nSPS) is 18.9. The van der Waals surface area contributed by atoms with Gasteiger partial charge in [-0.2, -0.15) is 13.2 Å². The molecule has 2 N–H and O–H groups in total. The highest BCUT2D eigenvalue weighted by Gasteiger charge is 2.32. The molecule has 0 bridgehead atoms. The third-order valence-electron chi connectivity index (χ3n) is 5.48. The van der Waals surface area contributed by atoms with Crippen molar-refractivity contribution in [3.05, 3.63) is 46.6 Å². The highest BCUT2D eigenvalue weighted by Crippen LogP contribution is 2.39. The van der Waals surface area contributed by atoms with Crippen molar-refractivity contribution in [2.45, 2.75) is 63.8 Å². The maximum atomic E-state index is 13.3. The number of rotatable bonds is 7. The first kappa shape index (κ1) is 24.3. The fourth-order valence-corrected chi connectivity index (χ4v) is 3.86. The van der Waals surface area contributed by atoms with Crippen molar-refractivity contribution in [1.82, 2.24) is 10.3 Å². The number of aliphatic hydroxyl groups excluding tert-OH is 1. The zero-order chi connectivity index (χ0) is 23.3. The quantitative estimate of drug-likeness (QED) is 0.514. The van der Waals surface area contributed by atoms with Crippen molar-refractivity contribution in [2.24, 2.45) is 0 Å². The molecule has 1 amide bonds. The van der Waals surface area contributed by atoms with Crippen LogP contribution in [0, 0.1) is 0 Å². The van der Waals surface area contributed by atoms with Gasteiger partial charge in [0.25, 0.3) is 5.91 Å². The first-order valence-corrected chi connectivity index (χ1v) is 11.1. The Hall–Kier alpha value is -2.32. The fourth-order valence-electron chi connectivity index (χ4n) is 3.64. The molecule has 0 spiro atoms. The maximum Gasteiger partial charge on any atom is 0.416 e. The predicted octanol–water partition coefficient (Wildman–Crippen LogP) is 5.63. The van der Waals surface area contributed by atoms with Crippen molar-refractivity contribution in [1.29, 1.82) is 0 Å². The molecule has 2 unspecified atom stereocenters. The van der Waals surface area contributed by atoms with Crippen molar-refractivity contribution in [3.8, 4) is 17.0 Å². The largest absolute Gasteiger partial charge is 0.477 e. The van der Waals surface area contributed by atoms with E-state index in [0.717, 1.165) is 37.8 Å². The third-order valence-corrected chi connectivity index (χ3v) is 5.81. The fraction of sp³-hybridized carbons (Fsp3) is 0.478. The number of amides is 1. The van der Waals surface area contributed by atoms with Crippen LogP contribution >= 0.6 is 11.6 Å². The molecule has 0 saturated heterocycles. The Morgan fingerprint density at radius 2 is 2.00 bits per heavy atom. The summed E-state index contributed by atoms with van der Waals surface area (Å²) in [5, 5.41) is 13.0. The van der Waals surface area contributed by atoms with E-state index in [1.54, 1.807) is 0 Å². The van der Waals surface area contributed by atoms with Crippen LogP contribution in [0.5, 0.6) is 5.88 Å². The van der Waals surface area contributed by atoms with E-state index in [2.05, 4.69) is 10.3 Å². The smallest absolute Gasteiger partial charge is 0.416 e. The van der Waals surface area contributed by atoms with Crippen molar-refractivity contribution in [3.63, 3.8) is 0 Å². The summed E-state index contributed by atoms with van der Waals surface area (Å²) in [6.07, 6.45) is 0.799. The molecule has 32 heavy (non-hydrogen) atoms. The standard InChI is InChI=1S/C23H26ClF3N2O3/c1-2-3-10-32-22-17(16-12-15(23(25,26)27)8-9-18(16)24)11-14(13-28-22)21(31)29-19-6-4-5-7-20(19)30/h8-9,11-13,19-20,30H,2-7,10H2,1H3,(H,29,31). The summed E-state index contributed by atoms with van der Waals surface area (Å²) in [5.74, 6) is -0.359. The van der Waals surface area contributed by atoms with Gasteiger partial charge in [0, 0.05) is 22.3 Å². The van der Waals surface area contributed by atoms with Crippen LogP contribution in [-0.2, 0) is 6.18 Å². The van der Waals surface area contributed by atoms with Crippen LogP contribution in [0.3, 0.4) is 0 Å². The Morgan fingerprint density at radius 1 is 1.25 bits per heavy atom. The molecule has 1 aromatic carbocycles. The number of hydrogen-bond donors (Lipinski definition) is 2. The van der Waals surface area contributed by atoms with E-state index in [4.69, 9.17) is 16.3 Å². The van der Waals surface area contributed by atoms with Gasteiger partial charge < -0.3 is 15.2 Å². The van der Waals surface area contributed by atoms with Crippen LogP contribution in [-0.4, -0.2) is 34.8 Å². The van der Waals surface area contributed by atoms with Gasteiger partial charge in [-0.1, -0.05) is 37.8 Å². The second-order valence-electron chi connectivity index (χ2n) is 7.90. The molecule has 1 aliphatic carbocycles. The van der Waals surface area contributed by atoms with Crippen LogP contribution in [0.1, 0.15) is 61.4 Å². The molecule has 0 aliphatic heterocycles. The Labute approximate surface area is 190 Å². The number of carbonyl (C=O) groups excluding carboxylic acids is 1. The molecule has 9 heteroatoms. The van der Waals surface area contributed by atoms with E-state index >= 15 is 0 Å². The summed E-state index contributed by atoms with van der Waals surface area (Å²) < 4.78 is 45.6. The van der Waals surface area contributed by atoms with E-state index in [1.807, 2.05) is 6.92 Å². The number of aliphatic hydroxyl groups is 1. The minimum absolute atomic E-state index is 0.0767. The van der Waals surface area contributed by atoms with Gasteiger partial charge in [-0.3, -0.25) is 4.79 Å². The summed E-state index contributed by atoms with van der Waals surface area (Å²) in [5.41, 5.74) is -0.437. The lowest BCUT2D eigenvalue weighted by Crippen LogP contribution is -2.45. The molecule has 1 aromatic heterocycles. The predicted molar refractivity (Wildman–Crippen MR) is 116 cm³/mol. The monoisotopic (exact) mass is 470 g/mol. The number of hydrogen-bond acceptors (Lipinski definition) is 4. The lowest BCUT2D eigenvalue weighted by Gasteiger charge is -2.28. The lowest BCUT2D eigenvalue weighted by atomic mass is 9.92. The van der Waals surface area contributed by atoms with E-state index < -0.39 is 23.8 Å². The molecule has 5 nitrogen and oxygen atoms in total. The van der Waals surface area contributed by atoms with Gasteiger partial charge in [-0.15, -0.1) is 0 Å². The van der Waals surface area contributed by atoms with Crippen LogP contribution in [0.4, 0.5) is 13.2 Å². The summed E-state index contributed by atoms with van der Waals surface area (Å²) in [7, 11) is 0. The topological polar surface area (TPSA) is 71.5 Å². The van der Waals surface area contributed by atoms with E-state index in [9.17, 15) is 23.1 Å². The Morgan fingerprint density at radius 3 is 2.69 bits per heavy atom. The number of unbranched alkanes of at least 4 members (excludes halogenated alkanes) is 1. The van der Waals surface area contributed by atoms with Gasteiger partial charge in [0.2, 0.25) is 5.88 Å². The molecule has 1 aliphatic rings. The zero-order valence-electron chi connectivity index (χ0n) is 17.7. The molecule has 1 saturated carbocycles. The van der Waals surface area contributed by atoms with Crippen LogP contribution in [0.25, 0.3) is 11.1 Å². The number of nitrogens with one attached hydrogen (secondary N) is 1. The van der Waals surface area contributed by atoms with Gasteiger partial charge in [0.1, 0.15) is 0 Å². The van der Waals surface area contributed by atoms with Crippen LogP contribution < -0.4 is 10.1 Å². The Balaban J connectivity index is 1.98. The summed E-state index contributed by atoms with van der Waals surface area (Å²) >= 11 is 6.24. The molecule has 1 heterocycles. The maximum absolute atomic E-state index is 13.3. The van der Waals surface area contributed by atoms with Gasteiger partial charge in [0.15, 0.2) is 0 Å². The minimum Gasteiger partial charge on any atom is -0.477 e. The molecular weight excluding hydrogens is 445 g/mol. The molecule has 3 rings (SSSR count). The average molecular weight is 471 g/mol. The number of benzene rings is 1. The third kappa shape index (κ3) is 5.92. The molecule has 2 atom stereocenters. The minimum atomic E-state index is -4.55. The molecule has 0 radical (unpaired) electrons. The summed E-state index contributed by atoms with van der Waals surface area (Å²) in [6.45, 7) is 2.31. The van der Waals surface area contributed by atoms with Gasteiger partial charge >= 0.3 is 6.18 Å². The average Bonchev–Trinajstić information content (AvgIpc) is 2.75. The molecule has 174 valence electrons. The van der Waals surface area contributed by atoms with E-state index in [1.165, 1.54) is 18.3 Å². The number of carbonyl (C=O) groups is 1. The van der Waals surface area contributed by atoms with Crippen LogP contribution in [0.15, 0.2) is 30.5 Å².